The lowest BCUT2D eigenvalue weighted by Gasteiger charge is -2.07. The summed E-state index contributed by atoms with van der Waals surface area (Å²) in [5.74, 6) is 0.868. The molecule has 18 heavy (non-hydrogen) atoms. The van der Waals surface area contributed by atoms with E-state index >= 15 is 0 Å². The predicted octanol–water partition coefficient (Wildman–Crippen LogP) is 3.79. The molecule has 0 atom stereocenters. The van der Waals surface area contributed by atoms with Crippen LogP contribution in [-0.4, -0.2) is 22.8 Å². The number of hydrogen-bond donors (Lipinski definition) is 0. The minimum Gasteiger partial charge on any atom is -0.496 e. The van der Waals surface area contributed by atoms with Gasteiger partial charge >= 0.3 is 0 Å². The zero-order valence-electron chi connectivity index (χ0n) is 10.1. The Morgan fingerprint density at radius 3 is 3.00 bits per heavy atom. The van der Waals surface area contributed by atoms with Gasteiger partial charge in [0.1, 0.15) is 5.75 Å². The lowest BCUT2D eigenvalue weighted by atomic mass is 10.1. The molecule has 0 saturated carbocycles. The standard InChI is InChI=1S/C13H12N2OS2/c1-16-12-7-9(17-2)3-4-10(12)11-8-15-5-6-18-13(15)14-11/h3-8H,1-2H3. The number of thiazole rings is 1. The van der Waals surface area contributed by atoms with Crippen LogP contribution in [0.2, 0.25) is 0 Å². The number of fused-ring (bicyclic) bond motifs is 1. The van der Waals surface area contributed by atoms with Crippen molar-refractivity contribution in [2.45, 2.75) is 4.90 Å². The second-order valence-corrected chi connectivity index (χ2v) is 5.54. The highest BCUT2D eigenvalue weighted by Crippen LogP contribution is 2.33. The van der Waals surface area contributed by atoms with Gasteiger partial charge in [0.05, 0.1) is 12.8 Å². The molecule has 0 aliphatic carbocycles. The number of ether oxygens (including phenoxy) is 1. The first-order chi connectivity index (χ1) is 8.81. The van der Waals surface area contributed by atoms with E-state index in [1.807, 2.05) is 28.2 Å². The van der Waals surface area contributed by atoms with Crippen molar-refractivity contribution in [2.75, 3.05) is 13.4 Å². The Balaban J connectivity index is 2.13. The molecule has 0 spiro atoms. The summed E-state index contributed by atoms with van der Waals surface area (Å²) in [6.45, 7) is 0. The summed E-state index contributed by atoms with van der Waals surface area (Å²) >= 11 is 3.34. The van der Waals surface area contributed by atoms with Crippen LogP contribution in [0.25, 0.3) is 16.2 Å². The van der Waals surface area contributed by atoms with Gasteiger partial charge < -0.3 is 4.74 Å². The number of aromatic nitrogens is 2. The second-order valence-electron chi connectivity index (χ2n) is 3.79. The Morgan fingerprint density at radius 1 is 1.39 bits per heavy atom. The fourth-order valence-electron chi connectivity index (χ4n) is 1.87. The van der Waals surface area contributed by atoms with Gasteiger partial charge in [-0.15, -0.1) is 23.1 Å². The van der Waals surface area contributed by atoms with E-state index in [-0.39, 0.29) is 0 Å². The number of benzene rings is 1. The first-order valence-electron chi connectivity index (χ1n) is 5.46. The lowest BCUT2D eigenvalue weighted by Crippen LogP contribution is -1.88. The van der Waals surface area contributed by atoms with E-state index in [1.54, 1.807) is 30.2 Å². The van der Waals surface area contributed by atoms with Crippen molar-refractivity contribution < 1.29 is 4.74 Å². The van der Waals surface area contributed by atoms with E-state index in [0.29, 0.717) is 0 Å². The van der Waals surface area contributed by atoms with Crippen molar-refractivity contribution in [1.82, 2.24) is 9.38 Å². The highest BCUT2D eigenvalue weighted by molar-refractivity contribution is 7.98. The first-order valence-corrected chi connectivity index (χ1v) is 7.57. The average Bonchev–Trinajstić information content (AvgIpc) is 2.98. The normalized spacial score (nSPS) is 11.0. The Kier molecular flexibility index (Phi) is 3.01. The highest BCUT2D eigenvalue weighted by Gasteiger charge is 2.11. The van der Waals surface area contributed by atoms with Gasteiger partial charge in [-0.3, -0.25) is 4.40 Å². The fourth-order valence-corrected chi connectivity index (χ4v) is 3.00. The molecule has 0 aliphatic heterocycles. The molecular weight excluding hydrogens is 264 g/mol. The summed E-state index contributed by atoms with van der Waals surface area (Å²) < 4.78 is 7.49. The third-order valence-corrected chi connectivity index (χ3v) is 4.27. The van der Waals surface area contributed by atoms with Gasteiger partial charge in [-0.1, -0.05) is 0 Å². The van der Waals surface area contributed by atoms with Crippen molar-refractivity contribution in [2.24, 2.45) is 0 Å². The van der Waals surface area contributed by atoms with Crippen LogP contribution in [0.3, 0.4) is 0 Å². The summed E-state index contributed by atoms with van der Waals surface area (Å²) in [6.07, 6.45) is 6.10. The van der Waals surface area contributed by atoms with Crippen LogP contribution in [0.4, 0.5) is 0 Å². The number of rotatable bonds is 3. The third kappa shape index (κ3) is 1.89. The van der Waals surface area contributed by atoms with E-state index in [4.69, 9.17) is 4.74 Å². The maximum Gasteiger partial charge on any atom is 0.194 e. The van der Waals surface area contributed by atoms with Gasteiger partial charge in [0.2, 0.25) is 0 Å². The fraction of sp³-hybridized carbons (Fsp3) is 0.154. The number of imidazole rings is 1. The molecule has 3 nitrogen and oxygen atoms in total. The quantitative estimate of drug-likeness (QED) is 0.681. The van der Waals surface area contributed by atoms with Crippen LogP contribution in [0.1, 0.15) is 0 Å². The molecule has 1 aromatic carbocycles. The monoisotopic (exact) mass is 276 g/mol. The number of thioether (sulfide) groups is 1. The highest BCUT2D eigenvalue weighted by atomic mass is 32.2. The Labute approximate surface area is 113 Å². The SMILES string of the molecule is COc1cc(SC)ccc1-c1cn2ccsc2n1. The molecule has 0 fully saturated rings. The Bertz CT molecular complexity index is 659. The molecule has 3 rings (SSSR count). The van der Waals surface area contributed by atoms with Gasteiger partial charge in [0, 0.05) is 28.2 Å². The lowest BCUT2D eigenvalue weighted by molar-refractivity contribution is 0.415. The topological polar surface area (TPSA) is 26.5 Å². The van der Waals surface area contributed by atoms with Crippen LogP contribution in [-0.2, 0) is 0 Å². The molecule has 0 amide bonds. The van der Waals surface area contributed by atoms with Crippen LogP contribution in [0.15, 0.2) is 40.9 Å². The number of methoxy groups -OCH3 is 1. The maximum atomic E-state index is 5.46. The number of hydrogen-bond acceptors (Lipinski definition) is 4. The van der Waals surface area contributed by atoms with E-state index < -0.39 is 0 Å². The van der Waals surface area contributed by atoms with Crippen LogP contribution in [0.5, 0.6) is 5.75 Å². The predicted molar refractivity (Wildman–Crippen MR) is 76.8 cm³/mol. The summed E-state index contributed by atoms with van der Waals surface area (Å²) in [4.78, 5) is 6.79. The van der Waals surface area contributed by atoms with E-state index in [1.165, 1.54) is 4.90 Å². The molecule has 0 radical (unpaired) electrons. The Hall–Kier alpha value is -1.46. The van der Waals surface area contributed by atoms with Crippen molar-refractivity contribution in [3.63, 3.8) is 0 Å². The molecule has 92 valence electrons. The van der Waals surface area contributed by atoms with Crippen LogP contribution < -0.4 is 4.74 Å². The van der Waals surface area contributed by atoms with Crippen molar-refractivity contribution in [1.29, 1.82) is 0 Å². The zero-order valence-corrected chi connectivity index (χ0v) is 11.7. The van der Waals surface area contributed by atoms with Crippen molar-refractivity contribution >= 4 is 28.1 Å². The minimum absolute atomic E-state index is 0.868. The van der Waals surface area contributed by atoms with Gasteiger partial charge in [-0.05, 0) is 24.5 Å². The molecule has 0 saturated heterocycles. The maximum absolute atomic E-state index is 5.46. The van der Waals surface area contributed by atoms with Crippen molar-refractivity contribution in [3.05, 3.63) is 36.0 Å². The van der Waals surface area contributed by atoms with Gasteiger partial charge in [0.25, 0.3) is 0 Å². The summed E-state index contributed by atoms with van der Waals surface area (Å²) in [5.41, 5.74) is 1.98. The molecule has 0 N–H and O–H groups in total. The average molecular weight is 276 g/mol. The Morgan fingerprint density at radius 2 is 2.28 bits per heavy atom. The molecule has 5 heteroatoms. The smallest absolute Gasteiger partial charge is 0.194 e. The third-order valence-electron chi connectivity index (χ3n) is 2.78. The van der Waals surface area contributed by atoms with E-state index in [2.05, 4.69) is 23.4 Å². The summed E-state index contributed by atoms with van der Waals surface area (Å²) in [7, 11) is 1.70. The van der Waals surface area contributed by atoms with Crippen LogP contribution in [0, 0.1) is 0 Å². The zero-order chi connectivity index (χ0) is 12.5. The molecule has 2 heterocycles. The van der Waals surface area contributed by atoms with Gasteiger partial charge in [-0.2, -0.15) is 0 Å². The molecule has 2 aromatic heterocycles. The number of nitrogens with zero attached hydrogens (tertiary/aromatic N) is 2. The second kappa shape index (κ2) is 4.66. The van der Waals surface area contributed by atoms with E-state index in [9.17, 15) is 0 Å². The van der Waals surface area contributed by atoms with E-state index in [0.717, 1.165) is 22.0 Å². The first kappa shape index (κ1) is 11.6. The van der Waals surface area contributed by atoms with Crippen molar-refractivity contribution in [3.8, 4) is 17.0 Å². The largest absolute Gasteiger partial charge is 0.496 e. The molecule has 0 bridgehead atoms. The summed E-state index contributed by atoms with van der Waals surface area (Å²) in [5, 5.41) is 2.03. The van der Waals surface area contributed by atoms with Gasteiger partial charge in [-0.25, -0.2) is 4.98 Å². The van der Waals surface area contributed by atoms with Gasteiger partial charge in [0.15, 0.2) is 4.96 Å². The molecule has 3 aromatic rings. The minimum atomic E-state index is 0.868. The van der Waals surface area contributed by atoms with Crippen LogP contribution >= 0.6 is 23.1 Å². The summed E-state index contributed by atoms with van der Waals surface area (Å²) in [6, 6.07) is 6.21. The molecule has 0 unspecified atom stereocenters. The molecule has 0 aliphatic rings. The molecular formula is C13H12N2OS2.